The van der Waals surface area contributed by atoms with Gasteiger partial charge in [-0.3, -0.25) is 0 Å². The summed E-state index contributed by atoms with van der Waals surface area (Å²) in [5, 5.41) is 0. The minimum absolute atomic E-state index is 0. The molecular formula is C16H36Hf. The third-order valence-electron chi connectivity index (χ3n) is 1.41. The Morgan fingerprint density at radius 3 is 0.529 bits per heavy atom. The van der Waals surface area contributed by atoms with Crippen molar-refractivity contribution >= 4 is 0 Å². The van der Waals surface area contributed by atoms with Crippen molar-refractivity contribution in [3.8, 4) is 0 Å². The van der Waals surface area contributed by atoms with Crippen molar-refractivity contribution in [3.05, 3.63) is 27.7 Å². The normalized spacial score (nSPS) is 7.06. The van der Waals surface area contributed by atoms with Crippen LogP contribution in [0.2, 0.25) is 0 Å². The van der Waals surface area contributed by atoms with E-state index < -0.39 is 0 Å². The van der Waals surface area contributed by atoms with Crippen LogP contribution in [0.5, 0.6) is 0 Å². The first-order valence-electron chi connectivity index (χ1n) is 6.83. The Morgan fingerprint density at radius 2 is 0.529 bits per heavy atom. The van der Waals surface area contributed by atoms with Crippen LogP contribution in [-0.4, -0.2) is 0 Å². The molecular weight excluding hydrogens is 371 g/mol. The van der Waals surface area contributed by atoms with Crippen molar-refractivity contribution in [2.75, 3.05) is 0 Å². The first-order chi connectivity index (χ1) is 7.66. The average molecular weight is 407 g/mol. The maximum Gasteiger partial charge on any atom is 4.00 e. The first kappa shape index (κ1) is 30.7. The Kier molecular flexibility index (Phi) is 97.5. The third kappa shape index (κ3) is 157. The van der Waals surface area contributed by atoms with Crippen LogP contribution in [0.4, 0.5) is 0 Å². The van der Waals surface area contributed by atoms with Crippen LogP contribution < -0.4 is 0 Å². The first-order valence-corrected chi connectivity index (χ1v) is 6.83. The molecule has 1 heteroatoms. The number of rotatable bonds is 4. The molecule has 0 heterocycles. The van der Waals surface area contributed by atoms with Crippen LogP contribution in [-0.2, 0) is 25.8 Å². The predicted molar refractivity (Wildman–Crippen MR) is 81.1 cm³/mol. The van der Waals surface area contributed by atoms with Gasteiger partial charge in [0, 0.05) is 0 Å². The fourth-order valence-corrected chi connectivity index (χ4v) is 0. The average Bonchev–Trinajstić information content (AvgIpc) is 2.39. The fourth-order valence-electron chi connectivity index (χ4n) is 0. The van der Waals surface area contributed by atoms with Crippen LogP contribution in [0.1, 0.15) is 79.1 Å². The van der Waals surface area contributed by atoms with Crippen molar-refractivity contribution in [1.82, 2.24) is 0 Å². The van der Waals surface area contributed by atoms with E-state index in [2.05, 4.69) is 55.4 Å². The molecule has 0 spiro atoms. The Balaban J connectivity index is -0.0000000369. The van der Waals surface area contributed by atoms with E-state index in [4.69, 9.17) is 0 Å². The van der Waals surface area contributed by atoms with E-state index in [9.17, 15) is 0 Å². The van der Waals surface area contributed by atoms with Gasteiger partial charge in [-0.2, -0.15) is 25.7 Å². The van der Waals surface area contributed by atoms with Crippen molar-refractivity contribution in [2.45, 2.75) is 79.1 Å². The van der Waals surface area contributed by atoms with Gasteiger partial charge in [-0.05, 0) is 0 Å². The summed E-state index contributed by atoms with van der Waals surface area (Å²) in [6.07, 6.45) is 9.11. The second-order valence-corrected chi connectivity index (χ2v) is 3.41. The van der Waals surface area contributed by atoms with Gasteiger partial charge in [0.1, 0.15) is 0 Å². The zero-order valence-electron chi connectivity index (χ0n) is 13.0. The molecule has 0 aromatic rings. The Bertz CT molecular complexity index is 29.5. The summed E-state index contributed by atoms with van der Waals surface area (Å²) in [6.45, 7) is 22.9. The van der Waals surface area contributed by atoms with Gasteiger partial charge in [0.25, 0.3) is 0 Å². The largest absolute Gasteiger partial charge is 4.00 e. The van der Waals surface area contributed by atoms with Crippen molar-refractivity contribution in [1.29, 1.82) is 0 Å². The zero-order valence-corrected chi connectivity index (χ0v) is 16.6. The molecule has 0 saturated carbocycles. The molecule has 0 rings (SSSR count). The SMILES string of the molecule is [CH2-]CCC.[CH2-]CCC.[CH2-]CCC.[CH2-]CCC.[Hf+4]. The van der Waals surface area contributed by atoms with E-state index in [1.54, 1.807) is 0 Å². The maximum absolute atomic E-state index is 3.60. The Labute approximate surface area is 132 Å². The smallest absolute Gasteiger partial charge is 0.343 e. The van der Waals surface area contributed by atoms with Crippen LogP contribution in [0.3, 0.4) is 0 Å². The molecule has 17 heavy (non-hydrogen) atoms. The second kappa shape index (κ2) is 54.0. The van der Waals surface area contributed by atoms with Gasteiger partial charge >= 0.3 is 25.8 Å². The molecule has 0 saturated heterocycles. The summed E-state index contributed by atoms with van der Waals surface area (Å²) in [7, 11) is 0. The van der Waals surface area contributed by atoms with Gasteiger partial charge in [-0.1, -0.05) is 53.4 Å². The topological polar surface area (TPSA) is 0 Å². The van der Waals surface area contributed by atoms with E-state index in [1.807, 2.05) is 0 Å². The predicted octanol–water partition coefficient (Wildman–Crippen LogP) is 6.48. The summed E-state index contributed by atoms with van der Waals surface area (Å²) < 4.78 is 0. The minimum Gasteiger partial charge on any atom is -0.343 e. The molecule has 0 bridgehead atoms. The van der Waals surface area contributed by atoms with Gasteiger partial charge in [0.15, 0.2) is 0 Å². The molecule has 0 radical (unpaired) electrons. The standard InChI is InChI=1S/4C4H9.Hf/c4*1-3-4-2;/h4*1,3-4H2,2H3;/q4*-1;+4. The third-order valence-corrected chi connectivity index (χ3v) is 1.41. The van der Waals surface area contributed by atoms with Gasteiger partial charge in [0.05, 0.1) is 0 Å². The van der Waals surface area contributed by atoms with Crippen molar-refractivity contribution < 1.29 is 25.8 Å². The Morgan fingerprint density at radius 1 is 0.471 bits per heavy atom. The van der Waals surface area contributed by atoms with Crippen LogP contribution >= 0.6 is 0 Å². The molecule has 0 aliphatic carbocycles. The fraction of sp³-hybridized carbons (Fsp3) is 0.750. The molecule has 0 aliphatic heterocycles. The number of hydrogen-bond donors (Lipinski definition) is 0. The van der Waals surface area contributed by atoms with Gasteiger partial charge in [-0.15, -0.1) is 0 Å². The molecule has 0 fully saturated rings. The van der Waals surface area contributed by atoms with E-state index in [-0.39, 0.29) is 25.8 Å². The maximum atomic E-state index is 3.60. The summed E-state index contributed by atoms with van der Waals surface area (Å²) in [5.74, 6) is 0. The van der Waals surface area contributed by atoms with Crippen LogP contribution in [0.15, 0.2) is 0 Å². The zero-order chi connectivity index (χ0) is 13.7. The quantitative estimate of drug-likeness (QED) is 0.370. The van der Waals surface area contributed by atoms with Crippen molar-refractivity contribution in [2.24, 2.45) is 0 Å². The van der Waals surface area contributed by atoms with Crippen LogP contribution in [0, 0.1) is 27.7 Å². The van der Waals surface area contributed by atoms with E-state index in [0.29, 0.717) is 0 Å². The molecule has 0 aromatic carbocycles. The molecule has 0 aromatic heterocycles. The number of unbranched alkanes of at least 4 members (excludes halogenated alkanes) is 4. The molecule has 0 aliphatic rings. The molecule has 0 N–H and O–H groups in total. The van der Waals surface area contributed by atoms with Gasteiger partial charge in [0.2, 0.25) is 0 Å². The molecule has 0 nitrogen and oxygen atoms in total. The van der Waals surface area contributed by atoms with Gasteiger partial charge in [-0.25, -0.2) is 0 Å². The van der Waals surface area contributed by atoms with Crippen LogP contribution in [0.25, 0.3) is 0 Å². The minimum atomic E-state index is 0. The molecule has 0 atom stereocenters. The number of hydrogen-bond acceptors (Lipinski definition) is 0. The van der Waals surface area contributed by atoms with E-state index in [1.165, 1.54) is 25.7 Å². The summed E-state index contributed by atoms with van der Waals surface area (Å²) >= 11 is 0. The molecule has 0 amide bonds. The molecule has 0 unspecified atom stereocenters. The Hall–Kier alpha value is 0.870. The van der Waals surface area contributed by atoms with E-state index in [0.717, 1.165) is 25.7 Å². The second-order valence-electron chi connectivity index (χ2n) is 3.41. The summed E-state index contributed by atoms with van der Waals surface area (Å²) in [5.41, 5.74) is 0. The monoisotopic (exact) mass is 408 g/mol. The van der Waals surface area contributed by atoms with Crippen molar-refractivity contribution in [3.63, 3.8) is 0 Å². The molecule has 104 valence electrons. The van der Waals surface area contributed by atoms with E-state index >= 15 is 0 Å². The summed E-state index contributed by atoms with van der Waals surface area (Å²) in [6, 6.07) is 0. The van der Waals surface area contributed by atoms with Gasteiger partial charge < -0.3 is 27.7 Å². The summed E-state index contributed by atoms with van der Waals surface area (Å²) in [4.78, 5) is 0.